The van der Waals surface area contributed by atoms with Gasteiger partial charge in [0, 0.05) is 10.2 Å². The molecule has 110 valence electrons. The van der Waals surface area contributed by atoms with E-state index in [1.807, 2.05) is 0 Å². The van der Waals surface area contributed by atoms with Crippen molar-refractivity contribution in [3.63, 3.8) is 0 Å². The molecule has 0 amide bonds. The van der Waals surface area contributed by atoms with Gasteiger partial charge in [-0.3, -0.25) is 0 Å². The number of hydrogen-bond donors (Lipinski definition) is 2. The van der Waals surface area contributed by atoms with Crippen molar-refractivity contribution in [3.8, 4) is 0 Å². The molecule has 0 atom stereocenters. The Kier molecular flexibility index (Phi) is 4.49. The first-order chi connectivity index (χ1) is 9.79. The number of hydrogen-bond acceptors (Lipinski definition) is 3. The van der Waals surface area contributed by atoms with E-state index in [4.69, 9.17) is 11.6 Å². The monoisotopic (exact) mass is 372 g/mol. The third-order valence-corrected chi connectivity index (χ3v) is 3.73. The normalized spacial score (nSPS) is 10.5. The van der Waals surface area contributed by atoms with Crippen molar-refractivity contribution in [1.29, 1.82) is 0 Å². The van der Waals surface area contributed by atoms with Crippen LogP contribution in [0, 0.1) is 19.7 Å². The number of aryl methyl sites for hydroxylation is 2. The number of carbonyl (C=O) groups is 1. The van der Waals surface area contributed by atoms with E-state index in [9.17, 15) is 14.3 Å². The minimum atomic E-state index is -1.10. The molecule has 0 spiro atoms. The minimum Gasteiger partial charge on any atom is -0.478 e. The van der Waals surface area contributed by atoms with Crippen LogP contribution in [0.25, 0.3) is 0 Å². The number of benzene rings is 1. The quantitative estimate of drug-likeness (QED) is 0.819. The summed E-state index contributed by atoms with van der Waals surface area (Å²) in [4.78, 5) is 15.6. The SMILES string of the molecule is Cc1cc(C)c(C(=O)O)c(Nc2c(Cl)cc(F)cc2Br)n1. The molecule has 1 aromatic heterocycles. The maximum atomic E-state index is 13.2. The van der Waals surface area contributed by atoms with Crippen LogP contribution in [0.15, 0.2) is 22.7 Å². The fourth-order valence-electron chi connectivity index (χ4n) is 1.98. The Bertz CT molecular complexity index is 714. The molecule has 2 N–H and O–H groups in total. The smallest absolute Gasteiger partial charge is 0.339 e. The Morgan fingerprint density at radius 1 is 1.38 bits per heavy atom. The van der Waals surface area contributed by atoms with E-state index < -0.39 is 11.8 Å². The lowest BCUT2D eigenvalue weighted by atomic mass is 10.1. The molecule has 1 aromatic carbocycles. The van der Waals surface area contributed by atoms with Crippen molar-refractivity contribution in [2.24, 2.45) is 0 Å². The van der Waals surface area contributed by atoms with Crippen LogP contribution in [0.1, 0.15) is 21.6 Å². The Morgan fingerprint density at radius 3 is 2.62 bits per heavy atom. The van der Waals surface area contributed by atoms with Crippen LogP contribution in [0.4, 0.5) is 15.9 Å². The molecule has 0 aliphatic heterocycles. The van der Waals surface area contributed by atoms with Gasteiger partial charge in [-0.2, -0.15) is 0 Å². The number of rotatable bonds is 3. The van der Waals surface area contributed by atoms with Crippen molar-refractivity contribution in [2.75, 3.05) is 5.32 Å². The standard InChI is InChI=1S/C14H11BrClFN2O2/c1-6-3-7(2)18-13(11(6)14(20)21)19-12-9(15)4-8(17)5-10(12)16/h3-5H,1-2H3,(H,18,19)(H,20,21). The third kappa shape index (κ3) is 3.33. The topological polar surface area (TPSA) is 62.2 Å². The van der Waals surface area contributed by atoms with E-state index >= 15 is 0 Å². The van der Waals surface area contributed by atoms with Gasteiger partial charge in [0.2, 0.25) is 0 Å². The third-order valence-electron chi connectivity index (χ3n) is 2.81. The van der Waals surface area contributed by atoms with Crippen LogP contribution >= 0.6 is 27.5 Å². The van der Waals surface area contributed by atoms with Crippen LogP contribution in [-0.2, 0) is 0 Å². The first-order valence-corrected chi connectivity index (χ1v) is 7.09. The Balaban J connectivity index is 2.57. The molecular formula is C14H11BrClFN2O2. The van der Waals surface area contributed by atoms with Gasteiger partial charge in [0.25, 0.3) is 0 Å². The van der Waals surface area contributed by atoms with Crippen molar-refractivity contribution in [3.05, 3.63) is 50.3 Å². The Labute approximate surface area is 134 Å². The summed E-state index contributed by atoms with van der Waals surface area (Å²) in [6.07, 6.45) is 0. The maximum Gasteiger partial charge on any atom is 0.339 e. The van der Waals surface area contributed by atoms with Gasteiger partial charge in [0.1, 0.15) is 17.2 Å². The van der Waals surface area contributed by atoms with Gasteiger partial charge in [-0.05, 0) is 53.5 Å². The van der Waals surface area contributed by atoms with Crippen LogP contribution < -0.4 is 5.32 Å². The van der Waals surface area contributed by atoms with E-state index in [1.165, 1.54) is 6.07 Å². The zero-order chi connectivity index (χ0) is 15.7. The molecule has 0 radical (unpaired) electrons. The van der Waals surface area contributed by atoms with E-state index in [1.54, 1.807) is 19.9 Å². The predicted octanol–water partition coefficient (Wildman–Crippen LogP) is 4.70. The van der Waals surface area contributed by atoms with Crippen molar-refractivity contribution in [2.45, 2.75) is 13.8 Å². The van der Waals surface area contributed by atoms with Gasteiger partial charge in [-0.25, -0.2) is 14.2 Å². The summed E-state index contributed by atoms with van der Waals surface area (Å²) in [5, 5.41) is 12.3. The summed E-state index contributed by atoms with van der Waals surface area (Å²) in [7, 11) is 0. The molecule has 2 rings (SSSR count). The molecule has 0 saturated heterocycles. The number of nitrogens with one attached hydrogen (secondary N) is 1. The van der Waals surface area contributed by atoms with Gasteiger partial charge in [-0.15, -0.1) is 0 Å². The van der Waals surface area contributed by atoms with Gasteiger partial charge in [0.15, 0.2) is 0 Å². The number of aromatic carboxylic acids is 1. The molecule has 0 aliphatic carbocycles. The number of anilines is 2. The van der Waals surface area contributed by atoms with Crippen molar-refractivity contribution in [1.82, 2.24) is 4.98 Å². The number of aromatic nitrogens is 1. The molecule has 0 unspecified atom stereocenters. The van der Waals surface area contributed by atoms with E-state index in [-0.39, 0.29) is 16.4 Å². The average molecular weight is 374 g/mol. The summed E-state index contributed by atoms with van der Waals surface area (Å²) in [5.41, 5.74) is 1.65. The molecule has 4 nitrogen and oxygen atoms in total. The van der Waals surface area contributed by atoms with Crippen molar-refractivity contribution < 1.29 is 14.3 Å². The fraction of sp³-hybridized carbons (Fsp3) is 0.143. The zero-order valence-corrected chi connectivity index (χ0v) is 13.5. The van der Waals surface area contributed by atoms with Crippen LogP contribution in [0.2, 0.25) is 5.02 Å². The lowest BCUT2D eigenvalue weighted by molar-refractivity contribution is 0.0697. The molecular weight excluding hydrogens is 363 g/mol. The maximum absolute atomic E-state index is 13.2. The number of pyridine rings is 1. The van der Waals surface area contributed by atoms with Gasteiger partial charge in [0.05, 0.1) is 10.7 Å². The molecule has 0 aliphatic rings. The highest BCUT2D eigenvalue weighted by molar-refractivity contribution is 9.10. The minimum absolute atomic E-state index is 0.0490. The van der Waals surface area contributed by atoms with E-state index in [0.717, 1.165) is 6.07 Å². The fourth-order valence-corrected chi connectivity index (χ4v) is 2.88. The first kappa shape index (κ1) is 15.7. The van der Waals surface area contributed by atoms with Gasteiger partial charge >= 0.3 is 5.97 Å². The second-order valence-electron chi connectivity index (χ2n) is 4.48. The average Bonchev–Trinajstić information content (AvgIpc) is 2.32. The second kappa shape index (κ2) is 5.99. The Hall–Kier alpha value is -1.66. The molecule has 0 fully saturated rings. The van der Waals surface area contributed by atoms with Crippen LogP contribution in [0.3, 0.4) is 0 Å². The lowest BCUT2D eigenvalue weighted by Gasteiger charge is -2.14. The lowest BCUT2D eigenvalue weighted by Crippen LogP contribution is -2.09. The van der Waals surface area contributed by atoms with E-state index in [2.05, 4.69) is 26.2 Å². The van der Waals surface area contributed by atoms with Crippen molar-refractivity contribution >= 4 is 45.0 Å². The molecule has 1 heterocycles. The number of halogens is 3. The number of nitrogens with zero attached hydrogens (tertiary/aromatic N) is 1. The number of carboxylic acid groups (broad SMARTS) is 1. The first-order valence-electron chi connectivity index (χ1n) is 5.92. The molecule has 0 bridgehead atoms. The highest BCUT2D eigenvalue weighted by Gasteiger charge is 2.18. The summed E-state index contributed by atoms with van der Waals surface area (Å²) < 4.78 is 13.6. The highest BCUT2D eigenvalue weighted by atomic mass is 79.9. The second-order valence-corrected chi connectivity index (χ2v) is 5.74. The summed E-state index contributed by atoms with van der Waals surface area (Å²) >= 11 is 9.18. The summed E-state index contributed by atoms with van der Waals surface area (Å²) in [6.45, 7) is 3.44. The molecule has 7 heteroatoms. The highest BCUT2D eigenvalue weighted by Crippen LogP contribution is 2.35. The Morgan fingerprint density at radius 2 is 2.05 bits per heavy atom. The van der Waals surface area contributed by atoms with Crippen LogP contribution in [-0.4, -0.2) is 16.1 Å². The van der Waals surface area contributed by atoms with E-state index in [0.29, 0.717) is 21.4 Å². The van der Waals surface area contributed by atoms with Crippen LogP contribution in [0.5, 0.6) is 0 Å². The van der Waals surface area contributed by atoms with Gasteiger partial charge in [-0.1, -0.05) is 11.6 Å². The molecule has 2 aromatic rings. The number of carboxylic acids is 1. The zero-order valence-electron chi connectivity index (χ0n) is 11.2. The molecule has 0 saturated carbocycles. The summed E-state index contributed by atoms with van der Waals surface area (Å²) in [5.74, 6) is -1.43. The summed E-state index contributed by atoms with van der Waals surface area (Å²) in [6, 6.07) is 4.05. The van der Waals surface area contributed by atoms with Gasteiger partial charge < -0.3 is 10.4 Å². The predicted molar refractivity (Wildman–Crippen MR) is 83.1 cm³/mol. The largest absolute Gasteiger partial charge is 0.478 e. The molecule has 21 heavy (non-hydrogen) atoms.